The third-order valence-corrected chi connectivity index (χ3v) is 3.73. The van der Waals surface area contributed by atoms with E-state index in [9.17, 15) is 18.5 Å². The highest BCUT2D eigenvalue weighted by atomic mass is 32.2. The summed E-state index contributed by atoms with van der Waals surface area (Å²) in [5.74, 6) is 0. The molecule has 0 aliphatic heterocycles. The number of nitrogens with one attached hydrogen (secondary N) is 1. The van der Waals surface area contributed by atoms with Crippen LogP contribution in [0.4, 0.5) is 11.4 Å². The lowest BCUT2D eigenvalue weighted by molar-refractivity contribution is -0.384. The van der Waals surface area contributed by atoms with Crippen molar-refractivity contribution < 1.29 is 13.3 Å². The smallest absolute Gasteiger partial charge is 0.271 e. The lowest BCUT2D eigenvalue weighted by atomic mass is 10.2. The minimum absolute atomic E-state index is 0.00423. The van der Waals surface area contributed by atoms with Gasteiger partial charge in [-0.2, -0.15) is 0 Å². The average molecular weight is 307 g/mol. The van der Waals surface area contributed by atoms with E-state index in [1.165, 1.54) is 24.3 Å². The van der Waals surface area contributed by atoms with Gasteiger partial charge in [0, 0.05) is 24.4 Å². The topological polar surface area (TPSA) is 115 Å². The minimum atomic E-state index is -3.70. The van der Waals surface area contributed by atoms with E-state index in [-0.39, 0.29) is 10.6 Å². The lowest BCUT2D eigenvalue weighted by Gasteiger charge is -2.07. The summed E-state index contributed by atoms with van der Waals surface area (Å²) >= 11 is 0. The summed E-state index contributed by atoms with van der Waals surface area (Å²) in [6.07, 6.45) is 0. The molecule has 0 amide bonds. The van der Waals surface area contributed by atoms with E-state index in [1.54, 1.807) is 24.3 Å². The Morgan fingerprint density at radius 3 is 2.38 bits per heavy atom. The predicted molar refractivity (Wildman–Crippen MR) is 78.2 cm³/mol. The van der Waals surface area contributed by atoms with Gasteiger partial charge in [0.2, 0.25) is 10.0 Å². The molecule has 0 aromatic heterocycles. The second kappa shape index (κ2) is 5.90. The quantitative estimate of drug-likeness (QED) is 0.646. The largest absolute Gasteiger partial charge is 0.381 e. The molecule has 0 bridgehead atoms. The van der Waals surface area contributed by atoms with E-state index in [2.05, 4.69) is 5.32 Å². The first-order valence-electron chi connectivity index (χ1n) is 5.96. The van der Waals surface area contributed by atoms with Crippen LogP contribution in [-0.2, 0) is 16.6 Å². The fourth-order valence-corrected chi connectivity index (χ4v) is 2.25. The molecule has 3 N–H and O–H groups in total. The van der Waals surface area contributed by atoms with Crippen molar-refractivity contribution in [2.45, 2.75) is 11.4 Å². The molecular formula is C13H13N3O4S. The summed E-state index contributed by atoms with van der Waals surface area (Å²) < 4.78 is 22.2. The fourth-order valence-electron chi connectivity index (χ4n) is 1.73. The van der Waals surface area contributed by atoms with Crippen LogP contribution in [0.5, 0.6) is 0 Å². The summed E-state index contributed by atoms with van der Waals surface area (Å²) in [4.78, 5) is 10.2. The molecule has 0 atom stereocenters. The van der Waals surface area contributed by atoms with Crippen LogP contribution in [0.15, 0.2) is 53.4 Å². The molecule has 21 heavy (non-hydrogen) atoms. The van der Waals surface area contributed by atoms with Gasteiger partial charge in [-0.3, -0.25) is 10.1 Å². The number of nitrogens with two attached hydrogens (primary N) is 1. The molecule has 7 nitrogen and oxygen atoms in total. The van der Waals surface area contributed by atoms with Gasteiger partial charge in [0.15, 0.2) is 0 Å². The van der Waals surface area contributed by atoms with Gasteiger partial charge < -0.3 is 5.32 Å². The van der Waals surface area contributed by atoms with Crippen molar-refractivity contribution in [3.05, 3.63) is 64.2 Å². The maximum absolute atomic E-state index is 11.1. The number of nitro benzene ring substituents is 1. The Labute approximate surface area is 121 Å². The highest BCUT2D eigenvalue weighted by molar-refractivity contribution is 7.89. The molecule has 0 radical (unpaired) electrons. The Hall–Kier alpha value is -2.45. The van der Waals surface area contributed by atoms with Crippen LogP contribution in [0.3, 0.4) is 0 Å². The molecule has 0 saturated heterocycles. The third kappa shape index (κ3) is 4.01. The van der Waals surface area contributed by atoms with Crippen LogP contribution < -0.4 is 10.5 Å². The maximum atomic E-state index is 11.1. The molecule has 0 fully saturated rings. The normalized spacial score (nSPS) is 11.1. The van der Waals surface area contributed by atoms with Gasteiger partial charge in [-0.05, 0) is 23.8 Å². The van der Waals surface area contributed by atoms with Gasteiger partial charge in [0.05, 0.1) is 9.82 Å². The molecule has 0 unspecified atom stereocenters. The molecule has 8 heteroatoms. The maximum Gasteiger partial charge on any atom is 0.271 e. The fraction of sp³-hybridized carbons (Fsp3) is 0.0769. The summed E-state index contributed by atoms with van der Waals surface area (Å²) in [5.41, 5.74) is 1.44. The highest BCUT2D eigenvalue weighted by Gasteiger charge is 2.07. The number of rotatable bonds is 5. The molecule has 0 saturated carbocycles. The first-order valence-corrected chi connectivity index (χ1v) is 7.51. The second-order valence-electron chi connectivity index (χ2n) is 4.35. The van der Waals surface area contributed by atoms with E-state index < -0.39 is 14.9 Å². The summed E-state index contributed by atoms with van der Waals surface area (Å²) in [6, 6.07) is 12.2. The second-order valence-corrected chi connectivity index (χ2v) is 5.91. The van der Waals surface area contributed by atoms with Gasteiger partial charge in [-0.1, -0.05) is 18.2 Å². The molecule has 2 aromatic carbocycles. The summed E-state index contributed by atoms with van der Waals surface area (Å²) in [7, 11) is -3.70. The van der Waals surface area contributed by atoms with Crippen molar-refractivity contribution in [1.82, 2.24) is 0 Å². The van der Waals surface area contributed by atoms with Crippen molar-refractivity contribution >= 4 is 21.4 Å². The van der Waals surface area contributed by atoms with E-state index in [1.807, 2.05) is 0 Å². The zero-order chi connectivity index (χ0) is 15.5. The molecule has 2 aromatic rings. The molecule has 0 spiro atoms. The Morgan fingerprint density at radius 2 is 1.81 bits per heavy atom. The molecule has 2 rings (SSSR count). The Kier molecular flexibility index (Phi) is 4.20. The van der Waals surface area contributed by atoms with Gasteiger partial charge in [-0.25, -0.2) is 13.6 Å². The van der Waals surface area contributed by atoms with Crippen molar-refractivity contribution in [1.29, 1.82) is 0 Å². The summed E-state index contributed by atoms with van der Waals surface area (Å²) in [6.45, 7) is 0.409. The Morgan fingerprint density at radius 1 is 1.14 bits per heavy atom. The van der Waals surface area contributed by atoms with Crippen molar-refractivity contribution in [2.75, 3.05) is 5.32 Å². The number of hydrogen-bond donors (Lipinski definition) is 2. The SMILES string of the molecule is NS(=O)(=O)c1ccc(CNc2cccc([N+](=O)[O-])c2)cc1. The third-order valence-electron chi connectivity index (χ3n) is 2.81. The van der Waals surface area contributed by atoms with Gasteiger partial charge in [-0.15, -0.1) is 0 Å². The molecule has 0 aliphatic carbocycles. The van der Waals surface area contributed by atoms with Crippen molar-refractivity contribution in [3.8, 4) is 0 Å². The number of sulfonamides is 1. The van der Waals surface area contributed by atoms with Crippen LogP contribution in [0, 0.1) is 10.1 Å². The zero-order valence-electron chi connectivity index (χ0n) is 10.9. The molecule has 0 heterocycles. The van der Waals surface area contributed by atoms with Crippen LogP contribution in [0.2, 0.25) is 0 Å². The average Bonchev–Trinajstić information content (AvgIpc) is 2.45. The van der Waals surface area contributed by atoms with Crippen LogP contribution >= 0.6 is 0 Å². The number of benzene rings is 2. The van der Waals surface area contributed by atoms with Crippen molar-refractivity contribution in [3.63, 3.8) is 0 Å². The van der Waals surface area contributed by atoms with E-state index in [0.717, 1.165) is 5.56 Å². The number of non-ortho nitro benzene ring substituents is 1. The zero-order valence-corrected chi connectivity index (χ0v) is 11.7. The molecule has 110 valence electrons. The van der Waals surface area contributed by atoms with E-state index in [0.29, 0.717) is 12.2 Å². The highest BCUT2D eigenvalue weighted by Crippen LogP contribution is 2.18. The number of nitrogens with zero attached hydrogens (tertiary/aromatic N) is 1. The Balaban J connectivity index is 2.06. The lowest BCUT2D eigenvalue weighted by Crippen LogP contribution is -2.12. The minimum Gasteiger partial charge on any atom is -0.381 e. The summed E-state index contributed by atoms with van der Waals surface area (Å²) in [5, 5.41) is 18.7. The van der Waals surface area contributed by atoms with Gasteiger partial charge in [0.25, 0.3) is 5.69 Å². The first kappa shape index (κ1) is 14.9. The molecule has 0 aliphatic rings. The number of nitro groups is 1. The van der Waals surface area contributed by atoms with Crippen LogP contribution in [0.1, 0.15) is 5.56 Å². The van der Waals surface area contributed by atoms with E-state index in [4.69, 9.17) is 5.14 Å². The van der Waals surface area contributed by atoms with Crippen LogP contribution in [-0.4, -0.2) is 13.3 Å². The number of hydrogen-bond acceptors (Lipinski definition) is 5. The van der Waals surface area contributed by atoms with Gasteiger partial charge >= 0.3 is 0 Å². The van der Waals surface area contributed by atoms with Crippen molar-refractivity contribution in [2.24, 2.45) is 5.14 Å². The van der Waals surface area contributed by atoms with Crippen LogP contribution in [0.25, 0.3) is 0 Å². The number of primary sulfonamides is 1. The van der Waals surface area contributed by atoms with Gasteiger partial charge in [0.1, 0.15) is 0 Å². The predicted octanol–water partition coefficient (Wildman–Crippen LogP) is 1.85. The monoisotopic (exact) mass is 307 g/mol. The van der Waals surface area contributed by atoms with E-state index >= 15 is 0 Å². The standard InChI is InChI=1S/C13H13N3O4S/c14-21(19,20)13-6-4-10(5-7-13)9-15-11-2-1-3-12(8-11)16(17)18/h1-8,15H,9H2,(H2,14,19,20). The number of anilines is 1. The molecular weight excluding hydrogens is 294 g/mol. The Bertz CT molecular complexity index is 757. The first-order chi connectivity index (χ1) is 9.86.